The minimum Gasteiger partial charge on any atom is -0.325 e. The molecule has 2 amide bonds. The lowest BCUT2D eigenvalue weighted by Gasteiger charge is -2.29. The minimum absolute atomic E-state index is 0.0437. The van der Waals surface area contributed by atoms with Crippen molar-refractivity contribution in [2.75, 3.05) is 5.33 Å². The number of allylic oxidation sites excluding steroid dienone is 3. The molecule has 0 aromatic rings. The maximum Gasteiger partial charge on any atom is 0.251 e. The number of amides is 2. The minimum atomic E-state index is -0.131. The largest absolute Gasteiger partial charge is 0.325 e. The van der Waals surface area contributed by atoms with Crippen LogP contribution in [0.5, 0.6) is 0 Å². The molecule has 1 unspecified atom stereocenters. The zero-order valence-corrected chi connectivity index (χ0v) is 13.9. The van der Waals surface area contributed by atoms with Gasteiger partial charge < -0.3 is 5.32 Å². The van der Waals surface area contributed by atoms with Gasteiger partial charge in [-0.1, -0.05) is 34.5 Å². The fourth-order valence-electron chi connectivity index (χ4n) is 2.59. The summed E-state index contributed by atoms with van der Waals surface area (Å²) in [5.41, 5.74) is 3.34. The van der Waals surface area contributed by atoms with Crippen LogP contribution in [0.3, 0.4) is 0 Å². The highest BCUT2D eigenvalue weighted by Crippen LogP contribution is 2.31. The molecule has 21 heavy (non-hydrogen) atoms. The van der Waals surface area contributed by atoms with Crippen molar-refractivity contribution in [3.63, 3.8) is 0 Å². The molecule has 0 spiro atoms. The molecule has 0 aromatic heterocycles. The van der Waals surface area contributed by atoms with E-state index in [1.54, 1.807) is 6.08 Å². The van der Waals surface area contributed by atoms with E-state index >= 15 is 0 Å². The number of alkyl halides is 1. The Balaban J connectivity index is 2.21. The van der Waals surface area contributed by atoms with E-state index in [-0.39, 0.29) is 17.7 Å². The first-order chi connectivity index (χ1) is 10.1. The molecule has 4 nitrogen and oxygen atoms in total. The average molecular weight is 351 g/mol. The van der Waals surface area contributed by atoms with Crippen molar-refractivity contribution in [3.05, 3.63) is 35.1 Å². The summed E-state index contributed by atoms with van der Waals surface area (Å²) < 4.78 is 0. The summed E-state index contributed by atoms with van der Waals surface area (Å²) in [5.74, 6) is -0.0833. The van der Waals surface area contributed by atoms with Crippen molar-refractivity contribution in [1.82, 2.24) is 5.32 Å². The van der Waals surface area contributed by atoms with Crippen molar-refractivity contribution in [3.8, 4) is 0 Å². The monoisotopic (exact) mass is 350 g/mol. The Kier molecular flexibility index (Phi) is 5.28. The molecule has 0 radical (unpaired) electrons. The first-order valence-corrected chi connectivity index (χ1v) is 8.27. The summed E-state index contributed by atoms with van der Waals surface area (Å²) in [5, 5.41) is 3.70. The van der Waals surface area contributed by atoms with Gasteiger partial charge in [0.15, 0.2) is 0 Å². The van der Waals surface area contributed by atoms with Crippen LogP contribution < -0.4 is 5.32 Å². The summed E-state index contributed by atoms with van der Waals surface area (Å²) in [6.45, 7) is 3.97. The van der Waals surface area contributed by atoms with Gasteiger partial charge in [0.2, 0.25) is 5.91 Å². The van der Waals surface area contributed by atoms with Crippen LogP contribution in [0.25, 0.3) is 0 Å². The third-order valence-corrected chi connectivity index (χ3v) is 4.26. The van der Waals surface area contributed by atoms with E-state index in [0.717, 1.165) is 35.0 Å². The molecule has 2 aliphatic rings. The fourth-order valence-corrected chi connectivity index (χ4v) is 2.87. The van der Waals surface area contributed by atoms with Crippen LogP contribution in [-0.2, 0) is 9.59 Å². The first kappa shape index (κ1) is 15.9. The van der Waals surface area contributed by atoms with Gasteiger partial charge in [-0.25, -0.2) is 4.99 Å². The maximum absolute atomic E-state index is 12.0. The van der Waals surface area contributed by atoms with Gasteiger partial charge in [-0.2, -0.15) is 0 Å². The standard InChI is InChI=1S/C16H19BrN2O2/c1-3-12-10(2)13-7-6-11(9-14(13)19-16(12)21)18-15(20)5-4-8-17/h6-7,9,13H,3-5,8H2,1-2H3,(H,19,21). The molecule has 1 N–H and O–H groups in total. The second-order valence-electron chi connectivity index (χ2n) is 5.13. The second-order valence-corrected chi connectivity index (χ2v) is 5.92. The predicted octanol–water partition coefficient (Wildman–Crippen LogP) is 3.06. The summed E-state index contributed by atoms with van der Waals surface area (Å²) in [6, 6.07) is 0. The fraction of sp³-hybridized carbons (Fsp3) is 0.438. The number of aliphatic imine (C=N–C) groups is 1. The quantitative estimate of drug-likeness (QED) is 0.792. The lowest BCUT2D eigenvalue weighted by Crippen LogP contribution is -2.36. The third kappa shape index (κ3) is 3.59. The number of halogens is 1. The summed E-state index contributed by atoms with van der Waals surface area (Å²) in [6.07, 6.45) is 7.58. The average Bonchev–Trinajstić information content (AvgIpc) is 2.45. The van der Waals surface area contributed by atoms with Gasteiger partial charge in [-0.15, -0.1) is 0 Å². The van der Waals surface area contributed by atoms with Crippen LogP contribution in [-0.4, -0.2) is 22.9 Å². The van der Waals surface area contributed by atoms with Gasteiger partial charge >= 0.3 is 0 Å². The van der Waals surface area contributed by atoms with E-state index in [1.165, 1.54) is 0 Å². The Morgan fingerprint density at radius 2 is 2.24 bits per heavy atom. The van der Waals surface area contributed by atoms with Crippen molar-refractivity contribution in [2.45, 2.75) is 33.1 Å². The van der Waals surface area contributed by atoms with Gasteiger partial charge in [0.25, 0.3) is 5.91 Å². The number of nitrogens with one attached hydrogen (secondary N) is 1. The molecular formula is C16H19BrN2O2. The van der Waals surface area contributed by atoms with E-state index < -0.39 is 0 Å². The summed E-state index contributed by atoms with van der Waals surface area (Å²) in [4.78, 5) is 27.8. The molecule has 5 heteroatoms. The van der Waals surface area contributed by atoms with Crippen LogP contribution in [0, 0.1) is 5.92 Å². The number of carbonyl (C=O) groups is 2. The molecule has 0 bridgehead atoms. The Bertz CT molecular complexity index is 585. The van der Waals surface area contributed by atoms with Crippen LogP contribution in [0.2, 0.25) is 0 Å². The van der Waals surface area contributed by atoms with Gasteiger partial charge in [0.1, 0.15) is 0 Å². The number of carbonyl (C=O) groups excluding carboxylic acids is 2. The van der Waals surface area contributed by atoms with Crippen molar-refractivity contribution >= 4 is 33.5 Å². The number of hydrogen-bond acceptors (Lipinski definition) is 2. The summed E-state index contributed by atoms with van der Waals surface area (Å²) >= 11 is 3.30. The van der Waals surface area contributed by atoms with Crippen LogP contribution >= 0.6 is 15.9 Å². The third-order valence-electron chi connectivity index (χ3n) is 3.70. The van der Waals surface area contributed by atoms with Crippen molar-refractivity contribution in [2.24, 2.45) is 10.9 Å². The number of fused-ring (bicyclic) bond motifs is 1. The first-order valence-electron chi connectivity index (χ1n) is 7.15. The molecule has 0 fully saturated rings. The Morgan fingerprint density at radius 1 is 1.48 bits per heavy atom. The molecule has 2 rings (SSSR count). The second kappa shape index (κ2) is 6.98. The highest BCUT2D eigenvalue weighted by molar-refractivity contribution is 9.09. The number of hydrogen-bond donors (Lipinski definition) is 1. The molecule has 1 atom stereocenters. The lowest BCUT2D eigenvalue weighted by molar-refractivity contribution is -0.118. The van der Waals surface area contributed by atoms with E-state index in [1.807, 2.05) is 26.0 Å². The van der Waals surface area contributed by atoms with Gasteiger partial charge in [0.05, 0.1) is 5.71 Å². The Morgan fingerprint density at radius 3 is 2.90 bits per heavy atom. The molecule has 1 aliphatic carbocycles. The maximum atomic E-state index is 12.0. The zero-order chi connectivity index (χ0) is 15.4. The lowest BCUT2D eigenvalue weighted by atomic mass is 9.84. The number of nitrogens with zero attached hydrogens (tertiary/aromatic N) is 1. The van der Waals surface area contributed by atoms with E-state index in [0.29, 0.717) is 12.1 Å². The Labute approximate surface area is 133 Å². The van der Waals surface area contributed by atoms with Crippen LogP contribution in [0.1, 0.15) is 33.1 Å². The van der Waals surface area contributed by atoms with Gasteiger partial charge in [-0.05, 0) is 31.9 Å². The molecule has 1 heterocycles. The SMILES string of the molecule is CCC1=C(C)C2C=CC(=NC(=O)CCCBr)C=C2NC1=O. The predicted molar refractivity (Wildman–Crippen MR) is 87.3 cm³/mol. The topological polar surface area (TPSA) is 58.5 Å². The van der Waals surface area contributed by atoms with Gasteiger partial charge in [-0.3, -0.25) is 9.59 Å². The van der Waals surface area contributed by atoms with E-state index in [2.05, 4.69) is 26.2 Å². The highest BCUT2D eigenvalue weighted by atomic mass is 79.9. The van der Waals surface area contributed by atoms with Crippen LogP contribution in [0.15, 0.2) is 40.1 Å². The molecular weight excluding hydrogens is 332 g/mol. The van der Waals surface area contributed by atoms with Gasteiger partial charge in [0, 0.05) is 28.9 Å². The summed E-state index contributed by atoms with van der Waals surface area (Å²) in [7, 11) is 0. The molecule has 112 valence electrons. The van der Waals surface area contributed by atoms with Crippen LogP contribution in [0.4, 0.5) is 0 Å². The van der Waals surface area contributed by atoms with E-state index in [4.69, 9.17) is 0 Å². The smallest absolute Gasteiger partial charge is 0.251 e. The molecule has 1 aliphatic heterocycles. The zero-order valence-electron chi connectivity index (χ0n) is 12.3. The molecule has 0 saturated carbocycles. The number of rotatable bonds is 4. The molecule has 0 saturated heterocycles. The normalized spacial score (nSPS) is 23.0. The van der Waals surface area contributed by atoms with E-state index in [9.17, 15) is 9.59 Å². The Hall–Kier alpha value is -1.49. The highest BCUT2D eigenvalue weighted by Gasteiger charge is 2.28. The van der Waals surface area contributed by atoms with Crippen molar-refractivity contribution in [1.29, 1.82) is 0 Å². The van der Waals surface area contributed by atoms with Crippen molar-refractivity contribution < 1.29 is 9.59 Å². The molecule has 0 aromatic carbocycles.